The summed E-state index contributed by atoms with van der Waals surface area (Å²) in [4.78, 5) is 13.9. The third kappa shape index (κ3) is 4.08. The van der Waals surface area contributed by atoms with Crippen molar-refractivity contribution in [1.29, 1.82) is 0 Å². The molecule has 0 heterocycles. The number of hydrogen-bond donors (Lipinski definition) is 2. The molecule has 0 saturated carbocycles. The predicted octanol–water partition coefficient (Wildman–Crippen LogP) is 1.45. The summed E-state index contributed by atoms with van der Waals surface area (Å²) in [5, 5.41) is 8.74. The number of benzene rings is 1. The Bertz CT molecular complexity index is 584. The Labute approximate surface area is 104 Å². The van der Waals surface area contributed by atoms with E-state index in [4.69, 9.17) is 9.66 Å². The lowest BCUT2D eigenvalue weighted by atomic mass is 10.2. The number of rotatable bonds is 4. The molecule has 0 saturated heterocycles. The third-order valence-electron chi connectivity index (χ3n) is 1.73. The van der Waals surface area contributed by atoms with Crippen molar-refractivity contribution < 1.29 is 40.9 Å². The van der Waals surface area contributed by atoms with Crippen LogP contribution in [-0.2, 0) is 15.1 Å². The summed E-state index contributed by atoms with van der Waals surface area (Å²) in [7, 11) is -5.48. The van der Waals surface area contributed by atoms with Crippen LogP contribution in [0, 0.1) is 0 Å². The SMILES string of the molecule is O=C(O)c1ccccc1N(OC(F)(F)F)S(=O)(=O)O. The minimum Gasteiger partial charge on any atom is -0.478 e. The molecule has 0 amide bonds. The first-order valence-corrected chi connectivity index (χ1v) is 5.78. The number of anilines is 1. The number of nitrogens with zero attached hydrogens (tertiary/aromatic N) is 1. The van der Waals surface area contributed by atoms with Gasteiger partial charge < -0.3 is 5.11 Å². The van der Waals surface area contributed by atoms with E-state index >= 15 is 0 Å². The van der Waals surface area contributed by atoms with Crippen molar-refractivity contribution in [1.82, 2.24) is 0 Å². The van der Waals surface area contributed by atoms with E-state index in [0.29, 0.717) is 0 Å². The summed E-state index contributed by atoms with van der Waals surface area (Å²) in [6.45, 7) is 0. The van der Waals surface area contributed by atoms with Gasteiger partial charge in [-0.05, 0) is 12.1 Å². The zero-order valence-electron chi connectivity index (χ0n) is 8.83. The van der Waals surface area contributed by atoms with Crippen LogP contribution in [0.25, 0.3) is 0 Å². The van der Waals surface area contributed by atoms with Gasteiger partial charge in [-0.1, -0.05) is 12.1 Å². The van der Waals surface area contributed by atoms with Crippen LogP contribution in [0.4, 0.5) is 18.9 Å². The first-order chi connectivity index (χ1) is 8.52. The summed E-state index contributed by atoms with van der Waals surface area (Å²) in [5.74, 6) is -1.70. The Hall–Kier alpha value is -1.85. The molecule has 1 rings (SSSR count). The van der Waals surface area contributed by atoms with Crippen molar-refractivity contribution >= 4 is 22.0 Å². The fourth-order valence-electron chi connectivity index (χ4n) is 1.13. The van der Waals surface area contributed by atoms with Gasteiger partial charge in [-0.2, -0.15) is 13.3 Å². The number of para-hydroxylation sites is 1. The monoisotopic (exact) mass is 301 g/mol. The molecule has 1 aromatic carbocycles. The summed E-state index contributed by atoms with van der Waals surface area (Å²) >= 11 is 0. The first kappa shape index (κ1) is 15.2. The number of hydrogen-bond acceptors (Lipinski definition) is 4. The summed E-state index contributed by atoms with van der Waals surface area (Å²) in [5.41, 5.74) is -1.79. The van der Waals surface area contributed by atoms with Gasteiger partial charge in [0.1, 0.15) is 0 Å². The van der Waals surface area contributed by atoms with Gasteiger partial charge in [-0.15, -0.1) is 17.6 Å². The molecule has 1 aromatic rings. The van der Waals surface area contributed by atoms with Crippen molar-refractivity contribution in [3.8, 4) is 0 Å². The lowest BCUT2D eigenvalue weighted by molar-refractivity contribution is -0.322. The van der Waals surface area contributed by atoms with E-state index in [-0.39, 0.29) is 0 Å². The molecule has 0 aliphatic heterocycles. The van der Waals surface area contributed by atoms with Crippen molar-refractivity contribution in [2.75, 3.05) is 4.47 Å². The van der Waals surface area contributed by atoms with Crippen molar-refractivity contribution in [2.24, 2.45) is 0 Å². The van der Waals surface area contributed by atoms with Gasteiger partial charge in [-0.25, -0.2) is 4.79 Å². The van der Waals surface area contributed by atoms with Gasteiger partial charge >= 0.3 is 22.6 Å². The highest BCUT2D eigenvalue weighted by molar-refractivity contribution is 7.87. The maximum Gasteiger partial charge on any atom is 0.545 e. The first-order valence-electron chi connectivity index (χ1n) is 4.38. The second-order valence-corrected chi connectivity index (χ2v) is 4.29. The fourth-order valence-corrected chi connectivity index (χ4v) is 1.71. The highest BCUT2D eigenvalue weighted by atomic mass is 32.2. The number of carboxylic acids is 1. The Morgan fingerprint density at radius 2 is 1.79 bits per heavy atom. The maximum absolute atomic E-state index is 12.1. The molecule has 0 aliphatic carbocycles. The Morgan fingerprint density at radius 3 is 2.21 bits per heavy atom. The fraction of sp³-hybridized carbons (Fsp3) is 0.125. The molecule has 0 fully saturated rings. The van der Waals surface area contributed by atoms with E-state index in [1.807, 2.05) is 0 Å². The third-order valence-corrected chi connectivity index (χ3v) is 2.42. The lowest BCUT2D eigenvalue weighted by Crippen LogP contribution is -2.37. The average Bonchev–Trinajstić information content (AvgIpc) is 2.23. The summed E-state index contributed by atoms with van der Waals surface area (Å²) in [6.07, 6.45) is -5.44. The number of halogens is 3. The minimum atomic E-state index is -5.48. The topological polar surface area (TPSA) is 104 Å². The molecule has 11 heteroatoms. The molecule has 0 spiro atoms. The number of carboxylic acid groups (broad SMARTS) is 1. The van der Waals surface area contributed by atoms with Crippen LogP contribution in [-0.4, -0.2) is 30.4 Å². The van der Waals surface area contributed by atoms with Crippen LogP contribution in [0.2, 0.25) is 0 Å². The highest BCUT2D eigenvalue weighted by Gasteiger charge is 2.39. The molecule has 0 atom stereocenters. The Morgan fingerprint density at radius 1 is 1.26 bits per heavy atom. The van der Waals surface area contributed by atoms with Crippen molar-refractivity contribution in [3.63, 3.8) is 0 Å². The van der Waals surface area contributed by atoms with E-state index in [1.54, 1.807) is 0 Å². The molecule has 0 radical (unpaired) electrons. The molecular formula is C8H6F3NO6S. The molecule has 7 nitrogen and oxygen atoms in total. The zero-order chi connectivity index (χ0) is 14.8. The number of aromatic carboxylic acids is 1. The zero-order valence-corrected chi connectivity index (χ0v) is 9.64. The molecule has 2 N–H and O–H groups in total. The molecule has 106 valence electrons. The Kier molecular flexibility index (Phi) is 4.03. The van der Waals surface area contributed by atoms with E-state index in [0.717, 1.165) is 24.3 Å². The maximum atomic E-state index is 12.1. The van der Waals surface area contributed by atoms with Crippen LogP contribution in [0.3, 0.4) is 0 Å². The van der Waals surface area contributed by atoms with E-state index in [1.165, 1.54) is 0 Å². The van der Waals surface area contributed by atoms with Gasteiger partial charge in [0.05, 0.1) is 11.3 Å². The lowest BCUT2D eigenvalue weighted by Gasteiger charge is -2.21. The average molecular weight is 301 g/mol. The van der Waals surface area contributed by atoms with E-state index in [2.05, 4.69) is 4.84 Å². The van der Waals surface area contributed by atoms with Crippen LogP contribution in [0.15, 0.2) is 24.3 Å². The van der Waals surface area contributed by atoms with Crippen LogP contribution in [0.5, 0.6) is 0 Å². The van der Waals surface area contributed by atoms with Gasteiger partial charge in [0.25, 0.3) is 0 Å². The minimum absolute atomic E-state index is 0.725. The van der Waals surface area contributed by atoms with E-state index < -0.39 is 38.4 Å². The molecule has 0 unspecified atom stereocenters. The predicted molar refractivity (Wildman–Crippen MR) is 54.6 cm³/mol. The van der Waals surface area contributed by atoms with Gasteiger partial charge in [0.15, 0.2) is 0 Å². The number of carbonyl (C=O) groups is 1. The largest absolute Gasteiger partial charge is 0.545 e. The summed E-state index contributed by atoms with van der Waals surface area (Å²) in [6, 6.07) is 3.79. The van der Waals surface area contributed by atoms with Gasteiger partial charge in [0.2, 0.25) is 0 Å². The van der Waals surface area contributed by atoms with Gasteiger partial charge in [-0.3, -0.25) is 4.55 Å². The Balaban J connectivity index is 3.39. The standard InChI is InChI=1S/C8H6F3NO6S/c9-8(10,11)18-12(19(15,16)17)6-4-2-1-3-5(6)7(13)14/h1-4H,(H,13,14)(H,15,16,17). The second-order valence-electron chi connectivity index (χ2n) is 3.06. The molecule has 19 heavy (non-hydrogen) atoms. The quantitative estimate of drug-likeness (QED) is 0.644. The van der Waals surface area contributed by atoms with Gasteiger partial charge in [0, 0.05) is 0 Å². The molecular weight excluding hydrogens is 295 g/mol. The number of alkyl halides is 3. The highest BCUT2D eigenvalue weighted by Crippen LogP contribution is 2.28. The van der Waals surface area contributed by atoms with Crippen LogP contribution >= 0.6 is 0 Å². The second kappa shape index (κ2) is 5.03. The van der Waals surface area contributed by atoms with Crippen LogP contribution in [0.1, 0.15) is 10.4 Å². The normalized spacial score (nSPS) is 12.2. The molecule has 0 aromatic heterocycles. The van der Waals surface area contributed by atoms with Crippen molar-refractivity contribution in [2.45, 2.75) is 6.36 Å². The summed E-state index contributed by atoms with van der Waals surface area (Å²) < 4.78 is 65.7. The van der Waals surface area contributed by atoms with Crippen molar-refractivity contribution in [3.05, 3.63) is 29.8 Å². The van der Waals surface area contributed by atoms with E-state index in [9.17, 15) is 26.4 Å². The smallest absolute Gasteiger partial charge is 0.478 e. The molecule has 0 aliphatic rings. The van der Waals surface area contributed by atoms with Crippen LogP contribution < -0.4 is 4.47 Å². The molecule has 0 bridgehead atoms.